The molecule has 0 amide bonds. The number of rotatable bonds is 1. The summed E-state index contributed by atoms with van der Waals surface area (Å²) < 4.78 is 4.46. The standard InChI is InChI=1S/C12H12BrN5/c1-17-6-15-8-5-7(3-4-9(8)17)11-10(13)12(14)18(2)16-11/h3-6H,14H2,1-2H3. The predicted octanol–water partition coefficient (Wildman–Crippen LogP) is 2.32. The topological polar surface area (TPSA) is 61.7 Å². The van der Waals surface area contributed by atoms with Gasteiger partial charge in [-0.25, -0.2) is 4.98 Å². The van der Waals surface area contributed by atoms with Crippen LogP contribution in [0.1, 0.15) is 0 Å². The van der Waals surface area contributed by atoms with Crippen molar-refractivity contribution < 1.29 is 0 Å². The molecule has 0 atom stereocenters. The molecule has 0 bridgehead atoms. The molecule has 3 rings (SSSR count). The van der Waals surface area contributed by atoms with Gasteiger partial charge in [-0.3, -0.25) is 4.68 Å². The lowest BCUT2D eigenvalue weighted by atomic mass is 10.1. The summed E-state index contributed by atoms with van der Waals surface area (Å²) in [4.78, 5) is 4.35. The highest BCUT2D eigenvalue weighted by Crippen LogP contribution is 2.32. The average Bonchev–Trinajstić information content (AvgIpc) is 2.85. The van der Waals surface area contributed by atoms with Crippen LogP contribution in [0.5, 0.6) is 0 Å². The average molecular weight is 306 g/mol. The summed E-state index contributed by atoms with van der Waals surface area (Å²) in [5, 5.41) is 4.40. The third kappa shape index (κ3) is 1.53. The summed E-state index contributed by atoms with van der Waals surface area (Å²) >= 11 is 3.47. The lowest BCUT2D eigenvalue weighted by molar-refractivity contribution is 0.782. The third-order valence-electron chi connectivity index (χ3n) is 3.03. The molecule has 18 heavy (non-hydrogen) atoms. The fourth-order valence-corrected chi connectivity index (χ4v) is 2.54. The van der Waals surface area contributed by atoms with E-state index in [2.05, 4.69) is 26.0 Å². The van der Waals surface area contributed by atoms with E-state index in [1.165, 1.54) is 0 Å². The normalized spacial score (nSPS) is 11.3. The number of nitrogen functional groups attached to an aromatic ring is 1. The summed E-state index contributed by atoms with van der Waals surface area (Å²) in [5.74, 6) is 0.617. The number of aryl methyl sites for hydroxylation is 2. The van der Waals surface area contributed by atoms with Crippen LogP contribution in [0.4, 0.5) is 5.82 Å². The van der Waals surface area contributed by atoms with Crippen LogP contribution in [-0.2, 0) is 14.1 Å². The van der Waals surface area contributed by atoms with E-state index in [1.54, 1.807) is 11.0 Å². The minimum atomic E-state index is 0.617. The Hall–Kier alpha value is -1.82. The number of fused-ring (bicyclic) bond motifs is 1. The van der Waals surface area contributed by atoms with Crippen LogP contribution in [0.25, 0.3) is 22.3 Å². The molecule has 0 aliphatic carbocycles. The Morgan fingerprint density at radius 1 is 1.28 bits per heavy atom. The zero-order chi connectivity index (χ0) is 12.9. The van der Waals surface area contributed by atoms with Crippen molar-refractivity contribution in [1.82, 2.24) is 19.3 Å². The molecular formula is C12H12BrN5. The Morgan fingerprint density at radius 2 is 2.06 bits per heavy atom. The maximum Gasteiger partial charge on any atom is 0.136 e. The second kappa shape index (κ2) is 3.84. The number of hydrogen-bond donors (Lipinski definition) is 1. The first-order chi connectivity index (χ1) is 8.58. The lowest BCUT2D eigenvalue weighted by Crippen LogP contribution is -1.97. The number of halogens is 1. The van der Waals surface area contributed by atoms with Gasteiger partial charge in [-0.15, -0.1) is 0 Å². The quantitative estimate of drug-likeness (QED) is 0.750. The van der Waals surface area contributed by atoms with Gasteiger partial charge in [0.25, 0.3) is 0 Å². The molecule has 3 aromatic rings. The first-order valence-corrected chi connectivity index (χ1v) is 6.26. The molecule has 2 aromatic heterocycles. The van der Waals surface area contributed by atoms with Gasteiger partial charge in [-0.05, 0) is 28.1 Å². The molecular weight excluding hydrogens is 294 g/mol. The van der Waals surface area contributed by atoms with Gasteiger partial charge in [0, 0.05) is 19.7 Å². The van der Waals surface area contributed by atoms with E-state index in [0.717, 1.165) is 26.8 Å². The second-order valence-corrected chi connectivity index (χ2v) is 5.02. The maximum atomic E-state index is 5.89. The molecule has 0 saturated carbocycles. The zero-order valence-corrected chi connectivity index (χ0v) is 11.6. The van der Waals surface area contributed by atoms with E-state index in [9.17, 15) is 0 Å². The molecule has 5 nitrogen and oxygen atoms in total. The predicted molar refractivity (Wildman–Crippen MR) is 75.0 cm³/mol. The van der Waals surface area contributed by atoms with Crippen LogP contribution in [0, 0.1) is 0 Å². The maximum absolute atomic E-state index is 5.89. The van der Waals surface area contributed by atoms with Gasteiger partial charge in [-0.2, -0.15) is 5.10 Å². The highest BCUT2D eigenvalue weighted by molar-refractivity contribution is 9.10. The highest BCUT2D eigenvalue weighted by atomic mass is 79.9. The van der Waals surface area contributed by atoms with Crippen LogP contribution < -0.4 is 5.73 Å². The van der Waals surface area contributed by atoms with E-state index < -0.39 is 0 Å². The summed E-state index contributed by atoms with van der Waals surface area (Å²) in [6.45, 7) is 0. The van der Waals surface area contributed by atoms with Gasteiger partial charge in [0.1, 0.15) is 11.5 Å². The molecule has 0 aliphatic heterocycles. The molecule has 0 spiro atoms. The van der Waals surface area contributed by atoms with Crippen LogP contribution in [0.3, 0.4) is 0 Å². The fourth-order valence-electron chi connectivity index (χ4n) is 1.98. The van der Waals surface area contributed by atoms with Crippen LogP contribution in [-0.4, -0.2) is 19.3 Å². The zero-order valence-electron chi connectivity index (χ0n) is 10.1. The Labute approximate surface area is 112 Å². The van der Waals surface area contributed by atoms with E-state index in [-0.39, 0.29) is 0 Å². The molecule has 0 saturated heterocycles. The Bertz CT molecular complexity index is 740. The Kier molecular flexibility index (Phi) is 2.41. The van der Waals surface area contributed by atoms with E-state index >= 15 is 0 Å². The SMILES string of the molecule is Cn1nc(-c2ccc3c(c2)ncn3C)c(Br)c1N. The first kappa shape index (κ1) is 11.3. The largest absolute Gasteiger partial charge is 0.383 e. The third-order valence-corrected chi connectivity index (χ3v) is 3.81. The minimum Gasteiger partial charge on any atom is -0.383 e. The summed E-state index contributed by atoms with van der Waals surface area (Å²) in [6.07, 6.45) is 1.80. The van der Waals surface area contributed by atoms with Crippen molar-refractivity contribution in [2.75, 3.05) is 5.73 Å². The summed E-state index contributed by atoms with van der Waals surface area (Å²) in [7, 11) is 3.80. The molecule has 92 valence electrons. The number of nitrogens with two attached hydrogens (primary N) is 1. The molecule has 2 N–H and O–H groups in total. The molecule has 0 radical (unpaired) electrons. The van der Waals surface area contributed by atoms with Crippen molar-refractivity contribution in [3.63, 3.8) is 0 Å². The molecule has 1 aromatic carbocycles. The highest BCUT2D eigenvalue weighted by Gasteiger charge is 2.13. The van der Waals surface area contributed by atoms with Crippen molar-refractivity contribution in [2.24, 2.45) is 14.1 Å². The van der Waals surface area contributed by atoms with Crippen molar-refractivity contribution >= 4 is 32.8 Å². The number of nitrogens with zero attached hydrogens (tertiary/aromatic N) is 4. The van der Waals surface area contributed by atoms with E-state index in [0.29, 0.717) is 5.82 Å². The van der Waals surface area contributed by atoms with Crippen molar-refractivity contribution in [3.8, 4) is 11.3 Å². The number of hydrogen-bond acceptors (Lipinski definition) is 3. The Morgan fingerprint density at radius 3 is 2.72 bits per heavy atom. The molecule has 0 unspecified atom stereocenters. The number of anilines is 1. The number of imidazole rings is 1. The van der Waals surface area contributed by atoms with Gasteiger partial charge >= 0.3 is 0 Å². The smallest absolute Gasteiger partial charge is 0.136 e. The van der Waals surface area contributed by atoms with Gasteiger partial charge < -0.3 is 10.3 Å². The Balaban J connectivity index is 2.22. The molecule has 6 heteroatoms. The molecule has 0 aliphatic rings. The van der Waals surface area contributed by atoms with Crippen LogP contribution in [0.15, 0.2) is 29.0 Å². The van der Waals surface area contributed by atoms with E-state index in [4.69, 9.17) is 5.73 Å². The number of benzene rings is 1. The minimum absolute atomic E-state index is 0.617. The van der Waals surface area contributed by atoms with Crippen LogP contribution in [0.2, 0.25) is 0 Å². The van der Waals surface area contributed by atoms with Crippen molar-refractivity contribution in [1.29, 1.82) is 0 Å². The molecule has 2 heterocycles. The van der Waals surface area contributed by atoms with Gasteiger partial charge in [0.15, 0.2) is 0 Å². The van der Waals surface area contributed by atoms with Gasteiger partial charge in [-0.1, -0.05) is 6.07 Å². The lowest BCUT2D eigenvalue weighted by Gasteiger charge is -1.99. The van der Waals surface area contributed by atoms with Crippen LogP contribution >= 0.6 is 15.9 Å². The first-order valence-electron chi connectivity index (χ1n) is 5.47. The van der Waals surface area contributed by atoms with Crippen molar-refractivity contribution in [3.05, 3.63) is 29.0 Å². The molecule has 0 fully saturated rings. The number of aromatic nitrogens is 4. The second-order valence-electron chi connectivity index (χ2n) is 4.23. The summed E-state index contributed by atoms with van der Waals surface area (Å²) in [6, 6.07) is 6.08. The monoisotopic (exact) mass is 305 g/mol. The van der Waals surface area contributed by atoms with Gasteiger partial charge in [0.05, 0.1) is 21.8 Å². The van der Waals surface area contributed by atoms with E-state index in [1.807, 2.05) is 36.9 Å². The summed E-state index contributed by atoms with van der Waals surface area (Å²) in [5.41, 5.74) is 9.77. The fraction of sp³-hybridized carbons (Fsp3) is 0.167. The van der Waals surface area contributed by atoms with Gasteiger partial charge in [0.2, 0.25) is 0 Å². The van der Waals surface area contributed by atoms with Crippen molar-refractivity contribution in [2.45, 2.75) is 0 Å².